The largest absolute Gasteiger partial charge is 0.481 e. The number of carboxylic acid groups (broad SMARTS) is 1. The molecule has 0 bridgehead atoms. The number of aliphatic carboxylic acids is 1. The number of amides is 1. The van der Waals surface area contributed by atoms with Crippen LogP contribution in [-0.2, 0) is 9.59 Å². The van der Waals surface area contributed by atoms with E-state index in [-0.39, 0.29) is 5.91 Å². The van der Waals surface area contributed by atoms with Crippen molar-refractivity contribution in [3.05, 3.63) is 0 Å². The zero-order valence-electron chi connectivity index (χ0n) is 8.39. The van der Waals surface area contributed by atoms with Gasteiger partial charge < -0.3 is 10.4 Å². The molecule has 0 aliphatic carbocycles. The molecule has 0 aromatic rings. The highest BCUT2D eigenvalue weighted by molar-refractivity contribution is 5.77. The number of hydrogen-bond donors (Lipinski definition) is 2. The molecule has 0 aromatic carbocycles. The maximum Gasteiger partial charge on any atom is 0.308 e. The first-order valence-corrected chi connectivity index (χ1v) is 4.34. The highest BCUT2D eigenvalue weighted by Crippen LogP contribution is 2.11. The van der Waals surface area contributed by atoms with Gasteiger partial charge in [0.05, 0.1) is 5.41 Å². The van der Waals surface area contributed by atoms with E-state index in [4.69, 9.17) is 5.11 Å². The van der Waals surface area contributed by atoms with Gasteiger partial charge in [-0.15, -0.1) is 0 Å². The minimum absolute atomic E-state index is 0.204. The predicted molar refractivity (Wildman–Crippen MR) is 49.3 cm³/mol. The van der Waals surface area contributed by atoms with Gasteiger partial charge in [-0.05, 0) is 27.2 Å². The summed E-state index contributed by atoms with van der Waals surface area (Å²) in [6.07, 6.45) is 1.76. The first-order chi connectivity index (χ1) is 5.84. The van der Waals surface area contributed by atoms with E-state index in [1.54, 1.807) is 20.8 Å². The van der Waals surface area contributed by atoms with Crippen molar-refractivity contribution in [2.24, 2.45) is 5.41 Å². The molecule has 0 saturated carbocycles. The van der Waals surface area contributed by atoms with Crippen LogP contribution in [-0.4, -0.2) is 23.5 Å². The average molecular weight is 187 g/mol. The molecule has 1 saturated heterocycles. The Labute approximate surface area is 78.3 Å². The number of carbonyl (C=O) groups excluding carboxylic acids is 1. The molecule has 1 heterocycles. The van der Waals surface area contributed by atoms with Crippen molar-refractivity contribution in [1.82, 2.24) is 5.32 Å². The van der Waals surface area contributed by atoms with E-state index in [9.17, 15) is 9.59 Å². The Kier molecular flexibility index (Phi) is 4.45. The molecule has 0 spiro atoms. The van der Waals surface area contributed by atoms with Crippen LogP contribution in [0.4, 0.5) is 0 Å². The van der Waals surface area contributed by atoms with Gasteiger partial charge in [0.2, 0.25) is 5.91 Å². The van der Waals surface area contributed by atoms with Crippen LogP contribution in [0.25, 0.3) is 0 Å². The Hall–Kier alpha value is -1.06. The fourth-order valence-corrected chi connectivity index (χ4v) is 0.565. The van der Waals surface area contributed by atoms with Gasteiger partial charge in [-0.25, -0.2) is 0 Å². The smallest absolute Gasteiger partial charge is 0.308 e. The van der Waals surface area contributed by atoms with Crippen LogP contribution in [0.3, 0.4) is 0 Å². The molecule has 4 nitrogen and oxygen atoms in total. The van der Waals surface area contributed by atoms with Crippen molar-refractivity contribution >= 4 is 11.9 Å². The molecule has 76 valence electrons. The Balaban J connectivity index is 0.000000223. The highest BCUT2D eigenvalue weighted by Gasteiger charge is 2.18. The van der Waals surface area contributed by atoms with Crippen LogP contribution in [0.2, 0.25) is 0 Å². The molecule has 1 amide bonds. The molecule has 0 unspecified atom stereocenters. The molecule has 13 heavy (non-hydrogen) atoms. The van der Waals surface area contributed by atoms with E-state index in [0.717, 1.165) is 19.4 Å². The summed E-state index contributed by atoms with van der Waals surface area (Å²) in [6.45, 7) is 5.87. The fourth-order valence-electron chi connectivity index (χ4n) is 0.565. The molecule has 4 heteroatoms. The molecule has 1 rings (SSSR count). The van der Waals surface area contributed by atoms with Crippen molar-refractivity contribution in [2.45, 2.75) is 33.6 Å². The van der Waals surface area contributed by atoms with E-state index < -0.39 is 11.4 Å². The number of carbonyl (C=O) groups is 2. The van der Waals surface area contributed by atoms with Crippen molar-refractivity contribution in [1.29, 1.82) is 0 Å². The number of rotatable bonds is 0. The maximum absolute atomic E-state index is 10.1. The van der Waals surface area contributed by atoms with Crippen molar-refractivity contribution < 1.29 is 14.7 Å². The number of nitrogens with one attached hydrogen (secondary N) is 1. The van der Waals surface area contributed by atoms with E-state index in [0.29, 0.717) is 0 Å². The first-order valence-electron chi connectivity index (χ1n) is 4.34. The third-order valence-electron chi connectivity index (χ3n) is 1.54. The third kappa shape index (κ3) is 6.13. The molecule has 1 fully saturated rings. The summed E-state index contributed by atoms with van der Waals surface area (Å²) in [5, 5.41) is 10.9. The van der Waals surface area contributed by atoms with E-state index in [2.05, 4.69) is 5.32 Å². The highest BCUT2D eigenvalue weighted by atomic mass is 16.4. The lowest BCUT2D eigenvalue weighted by molar-refractivity contribution is -0.145. The van der Waals surface area contributed by atoms with Crippen molar-refractivity contribution in [3.63, 3.8) is 0 Å². The minimum Gasteiger partial charge on any atom is -0.481 e. The van der Waals surface area contributed by atoms with E-state index >= 15 is 0 Å². The standard InChI is InChI=1S/C5H10O2.C4H7NO/c1-5(2,3)4(6)7;6-4-2-1-3-5-4/h1-3H3,(H,6,7);1-3H2,(H,5,6). The fraction of sp³-hybridized carbons (Fsp3) is 0.778. The van der Waals surface area contributed by atoms with Gasteiger partial charge in [0, 0.05) is 13.0 Å². The van der Waals surface area contributed by atoms with Gasteiger partial charge in [-0.3, -0.25) is 9.59 Å². The SMILES string of the molecule is CC(C)(C)C(=O)O.O=C1CCCN1. The topological polar surface area (TPSA) is 66.4 Å². The molecule has 0 radical (unpaired) electrons. The molecule has 0 aromatic heterocycles. The second-order valence-electron chi connectivity index (χ2n) is 4.01. The summed E-state index contributed by atoms with van der Waals surface area (Å²) in [5.41, 5.74) is -0.583. The minimum atomic E-state index is -0.757. The zero-order valence-corrected chi connectivity index (χ0v) is 8.39. The third-order valence-corrected chi connectivity index (χ3v) is 1.54. The number of hydrogen-bond acceptors (Lipinski definition) is 2. The summed E-state index contributed by atoms with van der Waals surface area (Å²) < 4.78 is 0. The van der Waals surface area contributed by atoms with Gasteiger partial charge in [-0.2, -0.15) is 0 Å². The predicted octanol–water partition coefficient (Wildman–Crippen LogP) is 1.01. The van der Waals surface area contributed by atoms with Crippen LogP contribution in [0.15, 0.2) is 0 Å². The lowest BCUT2D eigenvalue weighted by atomic mass is 9.98. The van der Waals surface area contributed by atoms with Crippen LogP contribution >= 0.6 is 0 Å². The lowest BCUT2D eigenvalue weighted by Gasteiger charge is -2.08. The van der Waals surface area contributed by atoms with E-state index in [1.807, 2.05) is 0 Å². The van der Waals surface area contributed by atoms with Gasteiger partial charge in [0.25, 0.3) is 0 Å². The van der Waals surface area contributed by atoms with Gasteiger partial charge in [0.15, 0.2) is 0 Å². The van der Waals surface area contributed by atoms with Gasteiger partial charge >= 0.3 is 5.97 Å². The second kappa shape index (κ2) is 4.84. The van der Waals surface area contributed by atoms with Crippen molar-refractivity contribution in [2.75, 3.05) is 6.54 Å². The van der Waals surface area contributed by atoms with Crippen LogP contribution in [0.5, 0.6) is 0 Å². The summed E-state index contributed by atoms with van der Waals surface area (Å²) in [6, 6.07) is 0. The molecular weight excluding hydrogens is 170 g/mol. The molecule has 1 aliphatic heterocycles. The molecule has 0 atom stereocenters. The molecule has 1 aliphatic rings. The van der Waals surface area contributed by atoms with E-state index in [1.165, 1.54) is 0 Å². The zero-order chi connectivity index (χ0) is 10.5. The quantitative estimate of drug-likeness (QED) is 0.595. The molecular formula is C9H17NO3. The van der Waals surface area contributed by atoms with Crippen molar-refractivity contribution in [3.8, 4) is 0 Å². The Morgan fingerprint density at radius 1 is 1.46 bits per heavy atom. The van der Waals surface area contributed by atoms with Crippen LogP contribution < -0.4 is 5.32 Å². The molecule has 2 N–H and O–H groups in total. The summed E-state index contributed by atoms with van der Waals surface area (Å²) in [4.78, 5) is 20.2. The first kappa shape index (κ1) is 11.9. The monoisotopic (exact) mass is 187 g/mol. The average Bonchev–Trinajstić information content (AvgIpc) is 2.38. The lowest BCUT2D eigenvalue weighted by Crippen LogP contribution is -2.18. The Morgan fingerprint density at radius 3 is 2.00 bits per heavy atom. The normalized spacial score (nSPS) is 15.8. The van der Waals surface area contributed by atoms with Gasteiger partial charge in [-0.1, -0.05) is 0 Å². The van der Waals surface area contributed by atoms with Crippen LogP contribution in [0, 0.1) is 5.41 Å². The summed E-state index contributed by atoms with van der Waals surface area (Å²) in [5.74, 6) is -0.553. The summed E-state index contributed by atoms with van der Waals surface area (Å²) >= 11 is 0. The van der Waals surface area contributed by atoms with Gasteiger partial charge in [0.1, 0.15) is 0 Å². The number of carboxylic acids is 1. The second-order valence-corrected chi connectivity index (χ2v) is 4.01. The summed E-state index contributed by atoms with van der Waals surface area (Å²) in [7, 11) is 0. The Morgan fingerprint density at radius 2 is 1.92 bits per heavy atom. The Bertz CT molecular complexity index is 186. The maximum atomic E-state index is 10.1. The van der Waals surface area contributed by atoms with Crippen LogP contribution in [0.1, 0.15) is 33.6 Å².